The molecule has 0 aliphatic carbocycles. The van der Waals surface area contributed by atoms with Gasteiger partial charge in [0.2, 0.25) is 0 Å². The van der Waals surface area contributed by atoms with Gasteiger partial charge in [-0.05, 0) is 36.3 Å². The molecule has 1 fully saturated rings. The Morgan fingerprint density at radius 1 is 1.26 bits per heavy atom. The quantitative estimate of drug-likeness (QED) is 0.900. The lowest BCUT2D eigenvalue weighted by molar-refractivity contribution is -0.0280. The molecular formula is C17H27NO. The molecule has 0 amide bonds. The van der Waals surface area contributed by atoms with Gasteiger partial charge in [-0.3, -0.25) is 0 Å². The van der Waals surface area contributed by atoms with Crippen LogP contribution in [0.2, 0.25) is 0 Å². The van der Waals surface area contributed by atoms with E-state index in [0.29, 0.717) is 5.92 Å². The molecule has 0 spiro atoms. The van der Waals surface area contributed by atoms with Crippen LogP contribution in [0.25, 0.3) is 0 Å². The second kappa shape index (κ2) is 6.06. The number of hydrogen-bond donors (Lipinski definition) is 1. The molecule has 1 aliphatic heterocycles. The largest absolute Gasteiger partial charge is 0.385 e. The average Bonchev–Trinajstić information content (AvgIpc) is 2.41. The van der Waals surface area contributed by atoms with E-state index in [0.717, 1.165) is 44.5 Å². The van der Waals surface area contributed by atoms with Crippen LogP contribution in [0.1, 0.15) is 44.7 Å². The molecule has 1 N–H and O–H groups in total. The normalized spacial score (nSPS) is 19.8. The van der Waals surface area contributed by atoms with Gasteiger partial charge in [-0.15, -0.1) is 0 Å². The monoisotopic (exact) mass is 261 g/mol. The van der Waals surface area contributed by atoms with E-state index < -0.39 is 5.60 Å². The summed E-state index contributed by atoms with van der Waals surface area (Å²) in [5, 5.41) is 10.9. The fourth-order valence-electron chi connectivity index (χ4n) is 2.99. The molecule has 0 bridgehead atoms. The Morgan fingerprint density at radius 2 is 1.95 bits per heavy atom. The average molecular weight is 261 g/mol. The van der Waals surface area contributed by atoms with Gasteiger partial charge in [-0.1, -0.05) is 45.0 Å². The van der Waals surface area contributed by atoms with E-state index in [4.69, 9.17) is 0 Å². The molecule has 1 aliphatic rings. The van der Waals surface area contributed by atoms with Crippen LogP contribution in [0.5, 0.6) is 0 Å². The maximum absolute atomic E-state index is 10.9. The van der Waals surface area contributed by atoms with Crippen LogP contribution in [0.4, 0.5) is 0 Å². The van der Waals surface area contributed by atoms with Crippen molar-refractivity contribution in [1.82, 2.24) is 4.90 Å². The summed E-state index contributed by atoms with van der Waals surface area (Å²) in [6.45, 7) is 9.83. The first-order valence-electron chi connectivity index (χ1n) is 7.57. The first-order chi connectivity index (χ1) is 9.03. The Morgan fingerprint density at radius 3 is 2.53 bits per heavy atom. The highest BCUT2D eigenvalue weighted by molar-refractivity contribution is 5.28. The molecule has 1 aromatic rings. The SMILES string of the molecule is CCc1cccc(C2(O)CCN(CC(C)C)CC2)c1. The second-order valence-electron chi connectivity index (χ2n) is 6.28. The molecular weight excluding hydrogens is 234 g/mol. The molecule has 2 heteroatoms. The third-order valence-corrected chi connectivity index (χ3v) is 4.18. The Hall–Kier alpha value is -0.860. The summed E-state index contributed by atoms with van der Waals surface area (Å²) in [4.78, 5) is 2.48. The molecule has 0 atom stereocenters. The van der Waals surface area contributed by atoms with Crippen LogP contribution in [0.15, 0.2) is 24.3 Å². The third kappa shape index (κ3) is 3.58. The van der Waals surface area contributed by atoms with Crippen molar-refractivity contribution in [2.75, 3.05) is 19.6 Å². The Labute approximate surface area is 117 Å². The lowest BCUT2D eigenvalue weighted by Gasteiger charge is -2.39. The Balaban J connectivity index is 2.04. The Kier molecular flexibility index (Phi) is 4.64. The van der Waals surface area contributed by atoms with E-state index in [2.05, 4.69) is 49.9 Å². The van der Waals surface area contributed by atoms with Gasteiger partial charge >= 0.3 is 0 Å². The standard InChI is InChI=1S/C17H27NO/c1-4-15-6-5-7-16(12-15)17(19)8-10-18(11-9-17)13-14(2)3/h5-7,12,14,19H,4,8-11,13H2,1-3H3. The number of likely N-dealkylation sites (tertiary alicyclic amines) is 1. The summed E-state index contributed by atoms with van der Waals surface area (Å²) in [7, 11) is 0. The summed E-state index contributed by atoms with van der Waals surface area (Å²) >= 11 is 0. The van der Waals surface area contributed by atoms with Crippen molar-refractivity contribution in [2.24, 2.45) is 5.92 Å². The number of benzene rings is 1. The van der Waals surface area contributed by atoms with Gasteiger partial charge in [0.05, 0.1) is 5.60 Å². The molecule has 1 heterocycles. The van der Waals surface area contributed by atoms with Gasteiger partial charge in [0.25, 0.3) is 0 Å². The summed E-state index contributed by atoms with van der Waals surface area (Å²) in [6, 6.07) is 8.47. The van der Waals surface area contributed by atoms with E-state index in [-0.39, 0.29) is 0 Å². The highest BCUT2D eigenvalue weighted by Crippen LogP contribution is 2.33. The number of rotatable bonds is 4. The lowest BCUT2D eigenvalue weighted by Crippen LogP contribution is -2.43. The maximum atomic E-state index is 10.9. The molecule has 2 rings (SSSR count). The topological polar surface area (TPSA) is 23.5 Å². The summed E-state index contributed by atoms with van der Waals surface area (Å²) in [5.74, 6) is 0.703. The smallest absolute Gasteiger partial charge is 0.0921 e. The van der Waals surface area contributed by atoms with E-state index in [9.17, 15) is 5.11 Å². The summed E-state index contributed by atoms with van der Waals surface area (Å²) < 4.78 is 0. The fraction of sp³-hybridized carbons (Fsp3) is 0.647. The summed E-state index contributed by atoms with van der Waals surface area (Å²) in [6.07, 6.45) is 2.74. The minimum absolute atomic E-state index is 0.612. The molecule has 0 radical (unpaired) electrons. The van der Waals surface area contributed by atoms with Crippen molar-refractivity contribution in [3.05, 3.63) is 35.4 Å². The van der Waals surface area contributed by atoms with Crippen molar-refractivity contribution >= 4 is 0 Å². The lowest BCUT2D eigenvalue weighted by atomic mass is 9.83. The molecule has 0 saturated carbocycles. The zero-order valence-corrected chi connectivity index (χ0v) is 12.5. The van der Waals surface area contributed by atoms with Crippen molar-refractivity contribution in [3.63, 3.8) is 0 Å². The van der Waals surface area contributed by atoms with E-state index in [1.165, 1.54) is 5.56 Å². The summed E-state index contributed by atoms with van der Waals surface area (Å²) in [5.41, 5.74) is 1.81. The molecule has 1 saturated heterocycles. The number of nitrogens with zero attached hydrogens (tertiary/aromatic N) is 1. The second-order valence-corrected chi connectivity index (χ2v) is 6.28. The highest BCUT2D eigenvalue weighted by atomic mass is 16.3. The first kappa shape index (κ1) is 14.5. The van der Waals surface area contributed by atoms with E-state index >= 15 is 0 Å². The molecule has 106 valence electrons. The van der Waals surface area contributed by atoms with Gasteiger partial charge in [-0.25, -0.2) is 0 Å². The van der Waals surface area contributed by atoms with Gasteiger partial charge in [0.15, 0.2) is 0 Å². The zero-order valence-electron chi connectivity index (χ0n) is 12.5. The molecule has 0 unspecified atom stereocenters. The van der Waals surface area contributed by atoms with Gasteiger partial charge in [-0.2, -0.15) is 0 Å². The van der Waals surface area contributed by atoms with Crippen molar-refractivity contribution in [3.8, 4) is 0 Å². The van der Waals surface area contributed by atoms with Crippen molar-refractivity contribution in [1.29, 1.82) is 0 Å². The van der Waals surface area contributed by atoms with Crippen LogP contribution in [-0.4, -0.2) is 29.6 Å². The van der Waals surface area contributed by atoms with Crippen LogP contribution in [0.3, 0.4) is 0 Å². The molecule has 2 nitrogen and oxygen atoms in total. The predicted octanol–water partition coefficient (Wildman–Crippen LogP) is 3.19. The van der Waals surface area contributed by atoms with E-state index in [1.807, 2.05) is 0 Å². The first-order valence-corrected chi connectivity index (χ1v) is 7.57. The maximum Gasteiger partial charge on any atom is 0.0921 e. The highest BCUT2D eigenvalue weighted by Gasteiger charge is 2.33. The van der Waals surface area contributed by atoms with Crippen LogP contribution in [-0.2, 0) is 12.0 Å². The fourth-order valence-corrected chi connectivity index (χ4v) is 2.99. The van der Waals surface area contributed by atoms with Crippen LogP contribution >= 0.6 is 0 Å². The van der Waals surface area contributed by atoms with Crippen LogP contribution < -0.4 is 0 Å². The van der Waals surface area contributed by atoms with Crippen LogP contribution in [0, 0.1) is 5.92 Å². The minimum atomic E-state index is -0.612. The molecule has 1 aromatic carbocycles. The minimum Gasteiger partial charge on any atom is -0.385 e. The van der Waals surface area contributed by atoms with E-state index in [1.54, 1.807) is 0 Å². The number of piperidine rings is 1. The number of aryl methyl sites for hydroxylation is 1. The van der Waals surface area contributed by atoms with Crippen molar-refractivity contribution in [2.45, 2.75) is 45.6 Å². The Bertz CT molecular complexity index is 405. The third-order valence-electron chi connectivity index (χ3n) is 4.18. The number of aliphatic hydroxyl groups is 1. The molecule has 0 aromatic heterocycles. The van der Waals surface area contributed by atoms with Gasteiger partial charge in [0.1, 0.15) is 0 Å². The predicted molar refractivity (Wildman–Crippen MR) is 80.2 cm³/mol. The van der Waals surface area contributed by atoms with Crippen molar-refractivity contribution < 1.29 is 5.11 Å². The number of hydrogen-bond acceptors (Lipinski definition) is 2. The van der Waals surface area contributed by atoms with Gasteiger partial charge < -0.3 is 10.0 Å². The van der Waals surface area contributed by atoms with Gasteiger partial charge in [0, 0.05) is 19.6 Å². The molecule has 19 heavy (non-hydrogen) atoms. The zero-order chi connectivity index (χ0) is 13.9.